The van der Waals surface area contributed by atoms with Crippen molar-refractivity contribution in [1.82, 2.24) is 14.6 Å². The van der Waals surface area contributed by atoms with Crippen molar-refractivity contribution in [2.24, 2.45) is 0 Å². The predicted octanol–water partition coefficient (Wildman–Crippen LogP) is 5.90. The van der Waals surface area contributed by atoms with Crippen LogP contribution >= 0.6 is 34.8 Å². The molecule has 5 nitrogen and oxygen atoms in total. The quantitative estimate of drug-likeness (QED) is 0.411. The molecule has 2 aromatic carbocycles. The molecular formula is C21H14Cl3N3O2. The fourth-order valence-electron chi connectivity index (χ4n) is 3.55. The third-order valence-electron chi connectivity index (χ3n) is 5.06. The molecule has 146 valence electrons. The number of benzene rings is 2. The number of aromatic amines is 1. The van der Waals surface area contributed by atoms with E-state index in [1.165, 1.54) is 12.1 Å². The second-order valence-corrected chi connectivity index (χ2v) is 8.35. The molecule has 0 bridgehead atoms. The first-order valence-corrected chi connectivity index (χ1v) is 10.2. The van der Waals surface area contributed by atoms with E-state index >= 15 is 0 Å². The number of hydrogen-bond donors (Lipinski definition) is 2. The van der Waals surface area contributed by atoms with Gasteiger partial charge in [0.15, 0.2) is 0 Å². The number of H-pyrrole nitrogens is 1. The lowest BCUT2D eigenvalue weighted by atomic mass is 10.0. The Morgan fingerprint density at radius 1 is 1.03 bits per heavy atom. The zero-order chi connectivity index (χ0) is 20.3. The van der Waals surface area contributed by atoms with Crippen LogP contribution in [-0.2, 0) is 0 Å². The van der Waals surface area contributed by atoms with Gasteiger partial charge in [0.05, 0.1) is 21.4 Å². The largest absolute Gasteiger partial charge is 0.507 e. The average Bonchev–Trinajstić information content (AvgIpc) is 3.44. The van der Waals surface area contributed by atoms with Crippen molar-refractivity contribution in [2.75, 3.05) is 0 Å². The molecule has 1 aliphatic rings. The Bertz CT molecular complexity index is 1340. The lowest BCUT2D eigenvalue weighted by Crippen LogP contribution is -2.10. The van der Waals surface area contributed by atoms with Crippen LogP contribution in [0.4, 0.5) is 0 Å². The highest BCUT2D eigenvalue weighted by Crippen LogP contribution is 2.46. The molecule has 29 heavy (non-hydrogen) atoms. The van der Waals surface area contributed by atoms with Crippen LogP contribution in [0.3, 0.4) is 0 Å². The number of phenolic OH excluding ortho intramolecular Hbond substituents is 1. The van der Waals surface area contributed by atoms with E-state index in [0.29, 0.717) is 37.9 Å². The van der Waals surface area contributed by atoms with Crippen molar-refractivity contribution in [3.63, 3.8) is 0 Å². The highest BCUT2D eigenvalue weighted by atomic mass is 35.5. The molecule has 2 heterocycles. The maximum atomic E-state index is 12.5. The maximum Gasteiger partial charge on any atom is 0.251 e. The number of halogens is 3. The Labute approximate surface area is 180 Å². The Morgan fingerprint density at radius 2 is 1.83 bits per heavy atom. The zero-order valence-corrected chi connectivity index (χ0v) is 17.2. The first kappa shape index (κ1) is 18.6. The summed E-state index contributed by atoms with van der Waals surface area (Å²) in [6.07, 6.45) is 2.06. The number of rotatable bonds is 3. The third-order valence-corrected chi connectivity index (χ3v) is 6.03. The summed E-state index contributed by atoms with van der Waals surface area (Å²) in [5, 5.41) is 16.5. The summed E-state index contributed by atoms with van der Waals surface area (Å²) >= 11 is 18.3. The number of phenols is 1. The van der Waals surface area contributed by atoms with Crippen molar-refractivity contribution < 1.29 is 5.11 Å². The van der Waals surface area contributed by atoms with Crippen molar-refractivity contribution in [3.05, 3.63) is 73.6 Å². The van der Waals surface area contributed by atoms with E-state index in [1.54, 1.807) is 28.8 Å². The van der Waals surface area contributed by atoms with Gasteiger partial charge in [-0.3, -0.25) is 4.79 Å². The molecule has 2 N–H and O–H groups in total. The number of fused-ring (bicyclic) bond motifs is 1. The number of hydrogen-bond acceptors (Lipinski definition) is 3. The normalized spacial score (nSPS) is 13.9. The van der Waals surface area contributed by atoms with Crippen LogP contribution in [0.1, 0.15) is 24.5 Å². The molecular weight excluding hydrogens is 433 g/mol. The Hall–Kier alpha value is -2.47. The van der Waals surface area contributed by atoms with E-state index in [4.69, 9.17) is 39.9 Å². The second kappa shape index (κ2) is 6.80. The first-order chi connectivity index (χ1) is 13.9. The van der Waals surface area contributed by atoms with Gasteiger partial charge in [0, 0.05) is 28.1 Å². The molecule has 0 saturated heterocycles. The van der Waals surface area contributed by atoms with Gasteiger partial charge in [0.2, 0.25) is 0 Å². The minimum Gasteiger partial charge on any atom is -0.507 e. The second-order valence-electron chi connectivity index (χ2n) is 7.10. The summed E-state index contributed by atoms with van der Waals surface area (Å²) < 4.78 is 1.66. The third kappa shape index (κ3) is 3.19. The Balaban J connectivity index is 1.84. The summed E-state index contributed by atoms with van der Waals surface area (Å²) in [5.74, 6) is 0.290. The van der Waals surface area contributed by atoms with Crippen LogP contribution < -0.4 is 5.56 Å². The average molecular weight is 447 g/mol. The lowest BCUT2D eigenvalue weighted by molar-refractivity contribution is 0.477. The molecule has 1 fully saturated rings. The van der Waals surface area contributed by atoms with Crippen LogP contribution in [0.15, 0.2) is 47.3 Å². The summed E-state index contributed by atoms with van der Waals surface area (Å²) in [6, 6.07) is 11.6. The van der Waals surface area contributed by atoms with Crippen LogP contribution in [-0.4, -0.2) is 19.7 Å². The predicted molar refractivity (Wildman–Crippen MR) is 115 cm³/mol. The van der Waals surface area contributed by atoms with Gasteiger partial charge in [-0.1, -0.05) is 40.9 Å². The topological polar surface area (TPSA) is 70.4 Å². The molecule has 0 unspecified atom stereocenters. The van der Waals surface area contributed by atoms with Crippen LogP contribution in [0, 0.1) is 0 Å². The standard InChI is InChI=1S/C21H14Cl3N3O2/c22-12-4-5-13(17(28)8-12)16-9-18(29)25-21-19(11-3-6-14(23)15(24)7-11)20(10-1-2-10)26-27(16)21/h3-10,28H,1-2H2,(H,25,29). The number of aromatic hydroxyl groups is 1. The van der Waals surface area contributed by atoms with Crippen molar-refractivity contribution in [3.8, 4) is 28.1 Å². The smallest absolute Gasteiger partial charge is 0.251 e. The van der Waals surface area contributed by atoms with E-state index in [2.05, 4.69) is 4.98 Å². The fourth-order valence-corrected chi connectivity index (χ4v) is 4.02. The number of aromatic nitrogens is 3. The fraction of sp³-hybridized carbons (Fsp3) is 0.143. The van der Waals surface area contributed by atoms with Gasteiger partial charge in [-0.15, -0.1) is 0 Å². The Kier molecular flexibility index (Phi) is 4.35. The lowest BCUT2D eigenvalue weighted by Gasteiger charge is -2.08. The molecule has 0 radical (unpaired) electrons. The van der Waals surface area contributed by atoms with E-state index in [1.807, 2.05) is 6.07 Å². The SMILES string of the molecule is O=c1cc(-c2ccc(Cl)cc2O)n2nc(C3CC3)c(-c3ccc(Cl)c(Cl)c3)c2[nH]1. The van der Waals surface area contributed by atoms with Crippen LogP contribution in [0.25, 0.3) is 28.0 Å². The highest BCUT2D eigenvalue weighted by Gasteiger charge is 2.32. The van der Waals surface area contributed by atoms with Gasteiger partial charge in [-0.25, -0.2) is 4.52 Å². The molecule has 1 saturated carbocycles. The van der Waals surface area contributed by atoms with Gasteiger partial charge in [-0.2, -0.15) is 5.10 Å². The van der Waals surface area contributed by atoms with E-state index in [0.717, 1.165) is 29.7 Å². The molecule has 4 aromatic rings. The molecule has 0 spiro atoms. The molecule has 0 aliphatic heterocycles. The molecule has 5 rings (SSSR count). The first-order valence-electron chi connectivity index (χ1n) is 9.02. The van der Waals surface area contributed by atoms with Crippen molar-refractivity contribution in [2.45, 2.75) is 18.8 Å². The van der Waals surface area contributed by atoms with E-state index in [-0.39, 0.29) is 11.3 Å². The van der Waals surface area contributed by atoms with Crippen molar-refractivity contribution >= 4 is 40.4 Å². The summed E-state index contributed by atoms with van der Waals surface area (Å²) in [5.41, 5.74) is 3.72. The highest BCUT2D eigenvalue weighted by molar-refractivity contribution is 6.42. The summed E-state index contributed by atoms with van der Waals surface area (Å²) in [6.45, 7) is 0. The molecule has 8 heteroatoms. The molecule has 0 amide bonds. The maximum absolute atomic E-state index is 12.5. The minimum absolute atomic E-state index is 0.0241. The van der Waals surface area contributed by atoms with Gasteiger partial charge < -0.3 is 10.1 Å². The van der Waals surface area contributed by atoms with Gasteiger partial charge in [0.25, 0.3) is 5.56 Å². The van der Waals surface area contributed by atoms with Crippen molar-refractivity contribution in [1.29, 1.82) is 0 Å². The monoisotopic (exact) mass is 445 g/mol. The van der Waals surface area contributed by atoms with E-state index in [9.17, 15) is 9.90 Å². The Morgan fingerprint density at radius 3 is 2.52 bits per heavy atom. The minimum atomic E-state index is -0.301. The zero-order valence-electron chi connectivity index (χ0n) is 14.9. The van der Waals surface area contributed by atoms with E-state index < -0.39 is 0 Å². The molecule has 1 aliphatic carbocycles. The van der Waals surface area contributed by atoms with Gasteiger partial charge >= 0.3 is 0 Å². The van der Waals surface area contributed by atoms with Gasteiger partial charge in [-0.05, 0) is 48.7 Å². The summed E-state index contributed by atoms with van der Waals surface area (Å²) in [4.78, 5) is 15.4. The summed E-state index contributed by atoms with van der Waals surface area (Å²) in [7, 11) is 0. The van der Waals surface area contributed by atoms with Crippen LogP contribution in [0.5, 0.6) is 5.75 Å². The van der Waals surface area contributed by atoms with Crippen LogP contribution in [0.2, 0.25) is 15.1 Å². The number of nitrogens with one attached hydrogen (secondary N) is 1. The molecule has 0 atom stereocenters. The van der Waals surface area contributed by atoms with Gasteiger partial charge in [0.1, 0.15) is 11.4 Å². The molecule has 2 aromatic heterocycles. The number of nitrogens with zero attached hydrogens (tertiary/aromatic N) is 2.